The van der Waals surface area contributed by atoms with Gasteiger partial charge in [0.2, 0.25) is 5.76 Å². The first-order valence-electron chi connectivity index (χ1n) is 5.74. The van der Waals surface area contributed by atoms with Crippen molar-refractivity contribution in [1.82, 2.24) is 4.98 Å². The largest absolute Gasteiger partial charge is 0.491 e. The molecule has 19 heavy (non-hydrogen) atoms. The fourth-order valence-corrected chi connectivity index (χ4v) is 1.64. The standard InChI is InChI=1S/C13H14N2O4/c1-7(2)18-9-5-3-8(4-6-9)10-11(12(16)17)19-13(14)15-10/h3-7H,1-2H3,(H2,14,15)(H,16,17). The molecule has 0 atom stereocenters. The Morgan fingerprint density at radius 2 is 2.00 bits per heavy atom. The van der Waals surface area contributed by atoms with Crippen molar-refractivity contribution in [3.05, 3.63) is 30.0 Å². The van der Waals surface area contributed by atoms with Crippen LogP contribution in [0.4, 0.5) is 6.01 Å². The van der Waals surface area contributed by atoms with Crippen LogP contribution in [0.25, 0.3) is 11.3 Å². The van der Waals surface area contributed by atoms with Crippen molar-refractivity contribution in [2.75, 3.05) is 5.73 Å². The number of nitrogens with two attached hydrogens (primary N) is 1. The van der Waals surface area contributed by atoms with Crippen LogP contribution in [0.1, 0.15) is 24.4 Å². The van der Waals surface area contributed by atoms with Gasteiger partial charge in [-0.05, 0) is 38.1 Å². The highest BCUT2D eigenvalue weighted by Gasteiger charge is 2.19. The minimum absolute atomic E-state index is 0.0723. The van der Waals surface area contributed by atoms with Crippen molar-refractivity contribution in [2.45, 2.75) is 20.0 Å². The van der Waals surface area contributed by atoms with Gasteiger partial charge in [-0.2, -0.15) is 4.98 Å². The zero-order valence-corrected chi connectivity index (χ0v) is 10.6. The van der Waals surface area contributed by atoms with Crippen molar-refractivity contribution < 1.29 is 19.1 Å². The van der Waals surface area contributed by atoms with E-state index in [9.17, 15) is 4.79 Å². The normalized spacial score (nSPS) is 10.7. The zero-order chi connectivity index (χ0) is 14.0. The zero-order valence-electron chi connectivity index (χ0n) is 10.6. The average Bonchev–Trinajstić information content (AvgIpc) is 2.72. The van der Waals surface area contributed by atoms with E-state index >= 15 is 0 Å². The van der Waals surface area contributed by atoms with E-state index in [1.807, 2.05) is 13.8 Å². The van der Waals surface area contributed by atoms with Gasteiger partial charge in [-0.15, -0.1) is 0 Å². The van der Waals surface area contributed by atoms with Gasteiger partial charge < -0.3 is 20.0 Å². The van der Waals surface area contributed by atoms with Crippen LogP contribution in [0, 0.1) is 0 Å². The van der Waals surface area contributed by atoms with Crippen molar-refractivity contribution in [2.24, 2.45) is 0 Å². The van der Waals surface area contributed by atoms with E-state index < -0.39 is 5.97 Å². The molecule has 1 aromatic heterocycles. The second kappa shape index (κ2) is 5.01. The van der Waals surface area contributed by atoms with Gasteiger partial charge in [-0.3, -0.25) is 0 Å². The maximum absolute atomic E-state index is 11.0. The number of oxazole rings is 1. The van der Waals surface area contributed by atoms with E-state index in [0.717, 1.165) is 0 Å². The highest BCUT2D eigenvalue weighted by atomic mass is 16.5. The van der Waals surface area contributed by atoms with Gasteiger partial charge in [0.25, 0.3) is 6.01 Å². The number of carbonyl (C=O) groups is 1. The van der Waals surface area contributed by atoms with Gasteiger partial charge in [-0.25, -0.2) is 4.79 Å². The number of aromatic nitrogens is 1. The number of ether oxygens (including phenoxy) is 1. The van der Waals surface area contributed by atoms with Crippen LogP contribution in [0.3, 0.4) is 0 Å². The summed E-state index contributed by atoms with van der Waals surface area (Å²) in [5.74, 6) is -0.774. The van der Waals surface area contributed by atoms with E-state index in [1.165, 1.54) is 0 Å². The summed E-state index contributed by atoms with van der Waals surface area (Å²) in [6.07, 6.45) is 0.0723. The first kappa shape index (κ1) is 12.9. The van der Waals surface area contributed by atoms with Crippen LogP contribution in [-0.4, -0.2) is 22.2 Å². The molecule has 0 spiro atoms. The lowest BCUT2D eigenvalue weighted by Crippen LogP contribution is -2.05. The predicted molar refractivity (Wildman–Crippen MR) is 69.1 cm³/mol. The van der Waals surface area contributed by atoms with Crippen molar-refractivity contribution in [1.29, 1.82) is 0 Å². The van der Waals surface area contributed by atoms with E-state index in [1.54, 1.807) is 24.3 Å². The van der Waals surface area contributed by atoms with Gasteiger partial charge in [-0.1, -0.05) is 0 Å². The number of hydrogen-bond acceptors (Lipinski definition) is 5. The number of rotatable bonds is 4. The molecule has 1 heterocycles. The number of anilines is 1. The van der Waals surface area contributed by atoms with Gasteiger partial charge in [0.15, 0.2) is 0 Å². The highest BCUT2D eigenvalue weighted by molar-refractivity contribution is 5.92. The topological polar surface area (TPSA) is 98.6 Å². The minimum Gasteiger partial charge on any atom is -0.491 e. The Kier molecular flexibility index (Phi) is 3.41. The lowest BCUT2D eigenvalue weighted by Gasteiger charge is -2.09. The third kappa shape index (κ3) is 2.85. The molecule has 0 unspecified atom stereocenters. The SMILES string of the molecule is CC(C)Oc1ccc(-c2nc(N)oc2C(=O)O)cc1. The third-order valence-electron chi connectivity index (χ3n) is 2.34. The lowest BCUT2D eigenvalue weighted by molar-refractivity contribution is 0.0665. The first-order chi connectivity index (χ1) is 8.97. The summed E-state index contributed by atoms with van der Waals surface area (Å²) in [5.41, 5.74) is 6.20. The average molecular weight is 262 g/mol. The number of hydrogen-bond donors (Lipinski definition) is 2. The molecule has 0 aliphatic heterocycles. The van der Waals surface area contributed by atoms with Crippen LogP contribution < -0.4 is 10.5 Å². The summed E-state index contributed by atoms with van der Waals surface area (Å²) in [7, 11) is 0. The quantitative estimate of drug-likeness (QED) is 0.877. The van der Waals surface area contributed by atoms with Gasteiger partial charge in [0, 0.05) is 5.56 Å². The van der Waals surface area contributed by atoms with Gasteiger partial charge >= 0.3 is 5.97 Å². The van der Waals surface area contributed by atoms with Gasteiger partial charge in [0.1, 0.15) is 11.4 Å². The van der Waals surface area contributed by atoms with Gasteiger partial charge in [0.05, 0.1) is 6.10 Å². The first-order valence-corrected chi connectivity index (χ1v) is 5.74. The minimum atomic E-state index is -1.21. The Morgan fingerprint density at radius 1 is 1.37 bits per heavy atom. The molecular formula is C13H14N2O4. The molecule has 6 nitrogen and oxygen atoms in total. The van der Waals surface area contributed by atoms with E-state index in [4.69, 9.17) is 20.0 Å². The Balaban J connectivity index is 2.34. The Morgan fingerprint density at radius 3 is 2.53 bits per heavy atom. The molecule has 0 aliphatic carbocycles. The van der Waals surface area contributed by atoms with E-state index in [2.05, 4.69) is 4.98 Å². The van der Waals surface area contributed by atoms with Crippen molar-refractivity contribution in [3.63, 3.8) is 0 Å². The number of aromatic carboxylic acids is 1. The number of benzene rings is 1. The molecule has 6 heteroatoms. The smallest absolute Gasteiger partial charge is 0.374 e. The summed E-state index contributed by atoms with van der Waals surface area (Å²) >= 11 is 0. The summed E-state index contributed by atoms with van der Waals surface area (Å²) < 4.78 is 10.4. The van der Waals surface area contributed by atoms with Crippen molar-refractivity contribution >= 4 is 12.0 Å². The van der Waals surface area contributed by atoms with E-state index in [-0.39, 0.29) is 23.6 Å². The molecule has 2 aromatic rings. The molecule has 0 aliphatic rings. The monoisotopic (exact) mass is 262 g/mol. The fourth-order valence-electron chi connectivity index (χ4n) is 1.64. The molecule has 0 saturated carbocycles. The Labute approximate surface area is 109 Å². The molecule has 0 amide bonds. The summed E-state index contributed by atoms with van der Waals surface area (Å²) in [5, 5.41) is 9.00. The number of carboxylic acid groups (broad SMARTS) is 1. The molecule has 0 fully saturated rings. The molecule has 3 N–H and O–H groups in total. The van der Waals surface area contributed by atoms with Crippen LogP contribution in [0.5, 0.6) is 5.75 Å². The maximum Gasteiger partial charge on any atom is 0.374 e. The van der Waals surface area contributed by atoms with Crippen LogP contribution >= 0.6 is 0 Å². The molecule has 0 saturated heterocycles. The van der Waals surface area contributed by atoms with Crippen LogP contribution in [0.15, 0.2) is 28.7 Å². The number of carboxylic acids is 1. The van der Waals surface area contributed by atoms with Crippen LogP contribution in [-0.2, 0) is 0 Å². The second-order valence-corrected chi connectivity index (χ2v) is 4.23. The summed E-state index contributed by atoms with van der Waals surface area (Å²) in [4.78, 5) is 14.9. The molecule has 2 rings (SSSR count). The molecule has 0 radical (unpaired) electrons. The lowest BCUT2D eigenvalue weighted by atomic mass is 10.1. The molecular weight excluding hydrogens is 248 g/mol. The Bertz CT molecular complexity index is 587. The second-order valence-electron chi connectivity index (χ2n) is 4.23. The summed E-state index contributed by atoms with van der Waals surface area (Å²) in [6, 6.07) is 6.73. The predicted octanol–water partition coefficient (Wildman–Crippen LogP) is 2.41. The maximum atomic E-state index is 11.0. The molecule has 0 bridgehead atoms. The highest BCUT2D eigenvalue weighted by Crippen LogP contribution is 2.27. The molecule has 1 aromatic carbocycles. The number of nitrogens with zero attached hydrogens (tertiary/aromatic N) is 1. The molecule has 100 valence electrons. The number of nitrogen functional groups attached to an aromatic ring is 1. The Hall–Kier alpha value is -2.50. The third-order valence-corrected chi connectivity index (χ3v) is 2.34. The van der Waals surface area contributed by atoms with Crippen LogP contribution in [0.2, 0.25) is 0 Å². The summed E-state index contributed by atoms with van der Waals surface area (Å²) in [6.45, 7) is 3.85. The van der Waals surface area contributed by atoms with Crippen molar-refractivity contribution in [3.8, 4) is 17.0 Å². The van der Waals surface area contributed by atoms with E-state index in [0.29, 0.717) is 11.3 Å². The fraction of sp³-hybridized carbons (Fsp3) is 0.231.